The van der Waals surface area contributed by atoms with Gasteiger partial charge in [-0.15, -0.1) is 0 Å². The van der Waals surface area contributed by atoms with Crippen molar-refractivity contribution in [1.82, 2.24) is 4.90 Å². The van der Waals surface area contributed by atoms with Crippen molar-refractivity contribution in [3.63, 3.8) is 0 Å². The van der Waals surface area contributed by atoms with E-state index in [4.69, 9.17) is 4.74 Å². The average molecular weight is 249 g/mol. The number of aliphatic carboxylic acids is 1. The van der Waals surface area contributed by atoms with Crippen LogP contribution in [-0.2, 0) is 14.3 Å². The van der Waals surface area contributed by atoms with Crippen molar-refractivity contribution in [2.24, 2.45) is 5.92 Å². The van der Waals surface area contributed by atoms with Gasteiger partial charge in [0.1, 0.15) is 5.60 Å². The summed E-state index contributed by atoms with van der Waals surface area (Å²) in [6, 6.07) is -1.23. The summed E-state index contributed by atoms with van der Waals surface area (Å²) in [5.74, 6) is -2.48. The topological polar surface area (TPSA) is 86.7 Å². The molecule has 0 aromatic carbocycles. The molecule has 0 radical (unpaired) electrons. The molecule has 0 unspecified atom stereocenters. The third-order valence-corrected chi connectivity index (χ3v) is 2.41. The van der Waals surface area contributed by atoms with Crippen LogP contribution in [0.25, 0.3) is 0 Å². The predicted octanol–water partition coefficient (Wildman–Crippen LogP) is -3.09. The Kier molecular flexibility index (Phi) is 5.45. The van der Waals surface area contributed by atoms with Gasteiger partial charge in [0, 0.05) is 5.92 Å². The predicted molar refractivity (Wildman–Crippen MR) is 55.7 cm³/mol. The number of ether oxygens (including phenoxy) is 1. The third-order valence-electron chi connectivity index (χ3n) is 2.41. The molecule has 96 valence electrons. The summed E-state index contributed by atoms with van der Waals surface area (Å²) in [4.78, 5) is 34.9. The molecule has 0 N–H and O–H groups in total. The van der Waals surface area contributed by atoms with E-state index in [1.54, 1.807) is 27.7 Å². The summed E-state index contributed by atoms with van der Waals surface area (Å²) in [6.07, 6.45) is -0.860. The number of carboxylic acid groups (broad SMARTS) is 1. The van der Waals surface area contributed by atoms with Crippen LogP contribution in [0.2, 0.25) is 0 Å². The number of likely N-dealkylation sites (tertiary alicyclic amines) is 1. The van der Waals surface area contributed by atoms with Crippen LogP contribution in [0, 0.1) is 5.92 Å². The Hall–Kier alpha value is -0.993. The van der Waals surface area contributed by atoms with Crippen molar-refractivity contribution < 1.29 is 43.1 Å². The van der Waals surface area contributed by atoms with Crippen LogP contribution < -0.4 is 24.0 Å². The second kappa shape index (κ2) is 5.76. The standard InChI is InChI=1S/C11H17NO5.Li/c1-6-5-7(9(14)15)12(8(6)13)10(16)17-11(2,3)4;/h6-7H,5H2,1-4H3,(H,14,15);/q;+1/p-1/t6-,7-;/m0./s1. The van der Waals surface area contributed by atoms with Crippen LogP contribution in [0.5, 0.6) is 0 Å². The second-order valence-corrected chi connectivity index (χ2v) is 5.16. The van der Waals surface area contributed by atoms with Crippen molar-refractivity contribution in [3.8, 4) is 0 Å². The van der Waals surface area contributed by atoms with E-state index in [1.165, 1.54) is 0 Å². The fourth-order valence-corrected chi connectivity index (χ4v) is 1.66. The van der Waals surface area contributed by atoms with Crippen molar-refractivity contribution in [2.75, 3.05) is 0 Å². The van der Waals surface area contributed by atoms with Gasteiger partial charge in [-0.3, -0.25) is 4.79 Å². The number of amides is 2. The smallest absolute Gasteiger partial charge is 0.548 e. The summed E-state index contributed by atoms with van der Waals surface area (Å²) in [5.41, 5.74) is -0.778. The molecule has 18 heavy (non-hydrogen) atoms. The monoisotopic (exact) mass is 249 g/mol. The second-order valence-electron chi connectivity index (χ2n) is 5.16. The molecule has 1 fully saturated rings. The molecule has 1 saturated heterocycles. The van der Waals surface area contributed by atoms with E-state index in [-0.39, 0.29) is 25.3 Å². The molecule has 2 amide bonds. The van der Waals surface area contributed by atoms with Crippen LogP contribution in [0.4, 0.5) is 4.79 Å². The van der Waals surface area contributed by atoms with Gasteiger partial charge in [-0.2, -0.15) is 0 Å². The number of carbonyl (C=O) groups excluding carboxylic acids is 3. The Balaban J connectivity index is 0.00000289. The quantitative estimate of drug-likeness (QED) is 0.460. The Labute approximate surface area is 118 Å². The molecule has 1 aliphatic heterocycles. The van der Waals surface area contributed by atoms with E-state index in [0.717, 1.165) is 0 Å². The molecule has 6 nitrogen and oxygen atoms in total. The van der Waals surface area contributed by atoms with Gasteiger partial charge in [-0.05, 0) is 27.2 Å². The molecule has 0 saturated carbocycles. The van der Waals surface area contributed by atoms with Gasteiger partial charge in [0.2, 0.25) is 5.91 Å². The van der Waals surface area contributed by atoms with E-state index in [2.05, 4.69) is 0 Å². The number of carbonyl (C=O) groups is 3. The third kappa shape index (κ3) is 3.75. The normalized spacial score (nSPS) is 23.6. The van der Waals surface area contributed by atoms with Crippen LogP contribution in [0.15, 0.2) is 0 Å². The van der Waals surface area contributed by atoms with Crippen LogP contribution in [-0.4, -0.2) is 34.5 Å². The van der Waals surface area contributed by atoms with Crippen LogP contribution in [0.3, 0.4) is 0 Å². The Morgan fingerprint density at radius 1 is 1.39 bits per heavy atom. The number of rotatable bonds is 1. The zero-order chi connectivity index (χ0) is 13.4. The first-order valence-electron chi connectivity index (χ1n) is 5.40. The van der Waals surface area contributed by atoms with Gasteiger partial charge in [-0.25, -0.2) is 9.69 Å². The van der Waals surface area contributed by atoms with Gasteiger partial charge >= 0.3 is 25.0 Å². The molecular formula is C11H16LiNO5. The molecule has 2 atom stereocenters. The number of nitrogens with zero attached hydrogens (tertiary/aromatic N) is 1. The van der Waals surface area contributed by atoms with Crippen molar-refractivity contribution >= 4 is 18.0 Å². The summed E-state index contributed by atoms with van der Waals surface area (Å²) >= 11 is 0. The van der Waals surface area contributed by atoms with E-state index < -0.39 is 35.5 Å². The Morgan fingerprint density at radius 3 is 2.28 bits per heavy atom. The first kappa shape index (κ1) is 17.0. The first-order valence-corrected chi connectivity index (χ1v) is 5.40. The molecule has 0 aromatic heterocycles. The molecule has 0 spiro atoms. The maximum atomic E-state index is 11.7. The molecule has 7 heteroatoms. The maximum Gasteiger partial charge on any atom is 1.00 e. The number of hydrogen-bond acceptors (Lipinski definition) is 5. The fourth-order valence-electron chi connectivity index (χ4n) is 1.66. The van der Waals surface area contributed by atoms with Gasteiger partial charge in [-0.1, -0.05) is 6.92 Å². The van der Waals surface area contributed by atoms with Gasteiger partial charge in [0.25, 0.3) is 0 Å². The van der Waals surface area contributed by atoms with Crippen molar-refractivity contribution in [2.45, 2.75) is 45.8 Å². The molecular weight excluding hydrogens is 233 g/mol. The van der Waals surface area contributed by atoms with E-state index in [0.29, 0.717) is 4.90 Å². The minimum atomic E-state index is -1.44. The molecule has 0 bridgehead atoms. The number of imide groups is 1. The van der Waals surface area contributed by atoms with Gasteiger partial charge in [0.15, 0.2) is 0 Å². The molecule has 1 rings (SSSR count). The summed E-state index contributed by atoms with van der Waals surface area (Å²) in [7, 11) is 0. The number of carboxylic acids is 1. The zero-order valence-electron chi connectivity index (χ0n) is 11.4. The van der Waals surface area contributed by atoms with Crippen LogP contribution in [0.1, 0.15) is 34.1 Å². The molecule has 0 aromatic rings. The summed E-state index contributed by atoms with van der Waals surface area (Å²) < 4.78 is 5.00. The van der Waals surface area contributed by atoms with Gasteiger partial charge in [0.05, 0.1) is 12.0 Å². The Morgan fingerprint density at radius 2 is 1.89 bits per heavy atom. The first-order chi connectivity index (χ1) is 7.63. The summed E-state index contributed by atoms with van der Waals surface area (Å²) in [6.45, 7) is 6.50. The van der Waals surface area contributed by atoms with Crippen LogP contribution >= 0.6 is 0 Å². The molecule has 1 aliphatic rings. The largest absolute Gasteiger partial charge is 1.00 e. The summed E-state index contributed by atoms with van der Waals surface area (Å²) in [5, 5.41) is 10.9. The average Bonchev–Trinajstić information content (AvgIpc) is 2.40. The minimum Gasteiger partial charge on any atom is -0.548 e. The zero-order valence-corrected chi connectivity index (χ0v) is 11.4. The maximum absolute atomic E-state index is 11.7. The van der Waals surface area contributed by atoms with E-state index >= 15 is 0 Å². The molecule has 0 aliphatic carbocycles. The SMILES string of the molecule is C[C@H]1C[C@@H](C(=O)[O-])N(C(=O)OC(C)(C)C)C1=O.[Li+]. The molecule has 1 heterocycles. The fraction of sp³-hybridized carbons (Fsp3) is 0.727. The van der Waals surface area contributed by atoms with Crippen molar-refractivity contribution in [1.29, 1.82) is 0 Å². The van der Waals surface area contributed by atoms with Gasteiger partial charge < -0.3 is 14.6 Å². The van der Waals surface area contributed by atoms with E-state index in [9.17, 15) is 19.5 Å². The van der Waals surface area contributed by atoms with Crippen molar-refractivity contribution in [3.05, 3.63) is 0 Å². The number of hydrogen-bond donors (Lipinski definition) is 0. The van der Waals surface area contributed by atoms with E-state index in [1.807, 2.05) is 0 Å². The minimum absolute atomic E-state index is 0. The Bertz CT molecular complexity index is 363.